The van der Waals surface area contributed by atoms with Crippen molar-refractivity contribution in [3.05, 3.63) is 54.4 Å². The Morgan fingerprint density at radius 3 is 2.68 bits per heavy atom. The summed E-state index contributed by atoms with van der Waals surface area (Å²) >= 11 is 0. The molecule has 0 radical (unpaired) electrons. The smallest absolute Gasteiger partial charge is 0.229 e. The number of para-hydroxylation sites is 1. The molecule has 0 unspecified atom stereocenters. The Hall–Kier alpha value is -2.89. The van der Waals surface area contributed by atoms with E-state index in [1.54, 1.807) is 6.20 Å². The van der Waals surface area contributed by atoms with Gasteiger partial charge in [-0.25, -0.2) is 4.98 Å². The monoisotopic (exact) mass is 292 g/mol. The van der Waals surface area contributed by atoms with E-state index in [-0.39, 0.29) is 0 Å². The second-order valence-electron chi connectivity index (χ2n) is 5.36. The minimum absolute atomic E-state index is 0.550. The minimum atomic E-state index is 0.550. The highest BCUT2D eigenvalue weighted by Crippen LogP contribution is 2.39. The largest absolute Gasteiger partial charge is 0.324 e. The van der Waals surface area contributed by atoms with Crippen LogP contribution < -0.4 is 10.6 Å². The number of rotatable bonds is 5. The zero-order chi connectivity index (χ0) is 14.8. The van der Waals surface area contributed by atoms with Crippen LogP contribution in [0.1, 0.15) is 24.5 Å². The van der Waals surface area contributed by atoms with Crippen LogP contribution in [0.4, 0.5) is 23.3 Å². The predicted molar refractivity (Wildman–Crippen MR) is 85.6 cm³/mol. The average molecular weight is 292 g/mol. The molecule has 0 aliphatic heterocycles. The second-order valence-corrected chi connectivity index (χ2v) is 5.36. The third-order valence-corrected chi connectivity index (χ3v) is 3.56. The van der Waals surface area contributed by atoms with Crippen molar-refractivity contribution in [1.29, 1.82) is 0 Å². The molecule has 0 saturated heterocycles. The van der Waals surface area contributed by atoms with Crippen molar-refractivity contribution in [2.75, 3.05) is 10.6 Å². The van der Waals surface area contributed by atoms with E-state index >= 15 is 0 Å². The molecule has 2 heterocycles. The molecule has 1 fully saturated rings. The van der Waals surface area contributed by atoms with Crippen LogP contribution in [0.3, 0.4) is 0 Å². The molecule has 22 heavy (non-hydrogen) atoms. The SMILES string of the molecule is c1ccc(Nc2nccc(Nc3cc(C4CC4)[nH]n3)n2)cc1. The van der Waals surface area contributed by atoms with Gasteiger partial charge in [0.05, 0.1) is 0 Å². The standard InChI is InChI=1S/C16H16N6/c1-2-4-12(5-3-1)18-16-17-9-8-14(20-16)19-15-10-13(21-22-15)11-6-7-11/h1-5,8-11H,6-7H2,(H3,17,18,19,20,21,22). The third-order valence-electron chi connectivity index (χ3n) is 3.56. The number of anilines is 4. The zero-order valence-corrected chi connectivity index (χ0v) is 12.0. The second kappa shape index (κ2) is 5.48. The molecule has 1 aromatic carbocycles. The topological polar surface area (TPSA) is 78.5 Å². The lowest BCUT2D eigenvalue weighted by molar-refractivity contribution is 0.966. The third kappa shape index (κ3) is 2.90. The molecule has 110 valence electrons. The number of hydrogen-bond donors (Lipinski definition) is 3. The van der Waals surface area contributed by atoms with Gasteiger partial charge in [0.2, 0.25) is 5.95 Å². The maximum atomic E-state index is 4.45. The van der Waals surface area contributed by atoms with Gasteiger partial charge in [0.1, 0.15) is 5.82 Å². The van der Waals surface area contributed by atoms with E-state index in [4.69, 9.17) is 0 Å². The van der Waals surface area contributed by atoms with Gasteiger partial charge in [-0.2, -0.15) is 10.1 Å². The van der Waals surface area contributed by atoms with Crippen LogP contribution >= 0.6 is 0 Å². The molecule has 2 aromatic heterocycles. The molecule has 0 spiro atoms. The molecule has 3 N–H and O–H groups in total. The summed E-state index contributed by atoms with van der Waals surface area (Å²) in [6, 6.07) is 13.7. The summed E-state index contributed by atoms with van der Waals surface area (Å²) in [6.07, 6.45) is 4.22. The maximum absolute atomic E-state index is 4.45. The highest BCUT2D eigenvalue weighted by Gasteiger charge is 2.25. The summed E-state index contributed by atoms with van der Waals surface area (Å²) in [5.41, 5.74) is 2.15. The Kier molecular flexibility index (Phi) is 3.19. The molecule has 6 heteroatoms. The summed E-state index contributed by atoms with van der Waals surface area (Å²) < 4.78 is 0. The molecule has 0 atom stereocenters. The molecule has 3 aromatic rings. The Labute approximate surface area is 128 Å². The van der Waals surface area contributed by atoms with Crippen molar-refractivity contribution < 1.29 is 0 Å². The number of aromatic nitrogens is 4. The average Bonchev–Trinajstić information content (AvgIpc) is 3.29. The highest BCUT2D eigenvalue weighted by molar-refractivity contribution is 5.57. The Morgan fingerprint density at radius 1 is 1.00 bits per heavy atom. The van der Waals surface area contributed by atoms with Crippen LogP contribution in [-0.4, -0.2) is 20.2 Å². The van der Waals surface area contributed by atoms with Crippen LogP contribution in [0.25, 0.3) is 0 Å². The van der Waals surface area contributed by atoms with Crippen molar-refractivity contribution in [3.8, 4) is 0 Å². The summed E-state index contributed by atoms with van der Waals surface area (Å²) in [5.74, 6) is 2.70. The van der Waals surface area contributed by atoms with E-state index in [1.165, 1.54) is 18.5 Å². The molecule has 1 aliphatic rings. The molecule has 0 bridgehead atoms. The number of hydrogen-bond acceptors (Lipinski definition) is 5. The van der Waals surface area contributed by atoms with E-state index < -0.39 is 0 Å². The van der Waals surface area contributed by atoms with Gasteiger partial charge in [-0.3, -0.25) is 5.10 Å². The van der Waals surface area contributed by atoms with Crippen LogP contribution in [-0.2, 0) is 0 Å². The van der Waals surface area contributed by atoms with Crippen molar-refractivity contribution in [2.24, 2.45) is 0 Å². The normalized spacial score (nSPS) is 13.8. The first-order valence-corrected chi connectivity index (χ1v) is 7.34. The van der Waals surface area contributed by atoms with Gasteiger partial charge in [0, 0.05) is 29.6 Å². The van der Waals surface area contributed by atoms with Gasteiger partial charge >= 0.3 is 0 Å². The van der Waals surface area contributed by atoms with E-state index in [0.29, 0.717) is 17.7 Å². The first-order chi connectivity index (χ1) is 10.9. The Balaban J connectivity index is 1.48. The predicted octanol–water partition coefficient (Wildman–Crippen LogP) is 3.56. The van der Waals surface area contributed by atoms with E-state index in [0.717, 1.165) is 11.5 Å². The van der Waals surface area contributed by atoms with Gasteiger partial charge in [-0.05, 0) is 31.0 Å². The van der Waals surface area contributed by atoms with Gasteiger partial charge in [-0.1, -0.05) is 18.2 Å². The number of nitrogens with zero attached hydrogens (tertiary/aromatic N) is 3. The van der Waals surface area contributed by atoms with E-state index in [2.05, 4.69) is 30.8 Å². The molecule has 4 rings (SSSR count). The fourth-order valence-corrected chi connectivity index (χ4v) is 2.27. The summed E-state index contributed by atoms with van der Waals surface area (Å²) in [7, 11) is 0. The summed E-state index contributed by atoms with van der Waals surface area (Å²) in [6.45, 7) is 0. The lowest BCUT2D eigenvalue weighted by Gasteiger charge is -2.06. The number of benzene rings is 1. The Bertz CT molecular complexity index is 763. The quantitative estimate of drug-likeness (QED) is 0.670. The molecular formula is C16H16N6. The Morgan fingerprint density at radius 2 is 1.86 bits per heavy atom. The van der Waals surface area contributed by atoms with E-state index in [9.17, 15) is 0 Å². The number of nitrogens with one attached hydrogen (secondary N) is 3. The fourth-order valence-electron chi connectivity index (χ4n) is 2.27. The number of aromatic amines is 1. The minimum Gasteiger partial charge on any atom is -0.324 e. The molecular weight excluding hydrogens is 276 g/mol. The van der Waals surface area contributed by atoms with Crippen LogP contribution in [0.2, 0.25) is 0 Å². The van der Waals surface area contributed by atoms with Crippen molar-refractivity contribution in [3.63, 3.8) is 0 Å². The first kappa shape index (κ1) is 12.8. The van der Waals surface area contributed by atoms with Gasteiger partial charge < -0.3 is 10.6 Å². The first-order valence-electron chi connectivity index (χ1n) is 7.34. The fraction of sp³-hybridized carbons (Fsp3) is 0.188. The molecule has 1 saturated carbocycles. The van der Waals surface area contributed by atoms with Gasteiger partial charge in [-0.15, -0.1) is 0 Å². The molecule has 1 aliphatic carbocycles. The molecule has 6 nitrogen and oxygen atoms in total. The van der Waals surface area contributed by atoms with Crippen LogP contribution in [0, 0.1) is 0 Å². The van der Waals surface area contributed by atoms with Crippen molar-refractivity contribution in [2.45, 2.75) is 18.8 Å². The molecule has 0 amide bonds. The van der Waals surface area contributed by atoms with Gasteiger partial charge in [0.25, 0.3) is 0 Å². The van der Waals surface area contributed by atoms with Gasteiger partial charge in [0.15, 0.2) is 5.82 Å². The maximum Gasteiger partial charge on any atom is 0.229 e. The lowest BCUT2D eigenvalue weighted by atomic mass is 10.3. The van der Waals surface area contributed by atoms with Crippen molar-refractivity contribution in [1.82, 2.24) is 20.2 Å². The summed E-state index contributed by atoms with van der Waals surface area (Å²) in [4.78, 5) is 8.68. The van der Waals surface area contributed by atoms with Crippen LogP contribution in [0.15, 0.2) is 48.7 Å². The van der Waals surface area contributed by atoms with Crippen LogP contribution in [0.5, 0.6) is 0 Å². The lowest BCUT2D eigenvalue weighted by Crippen LogP contribution is -2.00. The zero-order valence-electron chi connectivity index (χ0n) is 12.0. The number of H-pyrrole nitrogens is 1. The highest BCUT2D eigenvalue weighted by atomic mass is 15.2. The van der Waals surface area contributed by atoms with E-state index in [1.807, 2.05) is 42.5 Å². The summed E-state index contributed by atoms with van der Waals surface area (Å²) in [5, 5.41) is 13.7. The van der Waals surface area contributed by atoms with Crippen molar-refractivity contribution >= 4 is 23.3 Å².